The van der Waals surface area contributed by atoms with Gasteiger partial charge in [0.2, 0.25) is 0 Å². The molecule has 0 saturated heterocycles. The van der Waals surface area contributed by atoms with Gasteiger partial charge < -0.3 is 9.84 Å². The number of fused-ring (bicyclic) bond motifs is 5. The first kappa shape index (κ1) is 21.9. The molecule has 5 heteroatoms. The molecule has 0 aromatic rings. The highest BCUT2D eigenvalue weighted by Crippen LogP contribution is 2.66. The fourth-order valence-electron chi connectivity index (χ4n) is 8.55. The lowest BCUT2D eigenvalue weighted by Crippen LogP contribution is -2.50. The van der Waals surface area contributed by atoms with E-state index >= 15 is 0 Å². The normalized spacial score (nSPS) is 45.9. The molecule has 0 radical (unpaired) electrons. The van der Waals surface area contributed by atoms with Crippen molar-refractivity contribution in [3.8, 4) is 0 Å². The second-order valence-corrected chi connectivity index (χ2v) is 10.8. The molecule has 4 rings (SSSR count). The molecule has 0 aromatic heterocycles. The molecule has 4 fully saturated rings. The minimum Gasteiger partial charge on any atom is -0.396 e. The molecular formula is C24H39F3O2. The molecule has 29 heavy (non-hydrogen) atoms. The first-order valence-corrected chi connectivity index (χ1v) is 12.0. The van der Waals surface area contributed by atoms with Crippen molar-refractivity contribution >= 4 is 0 Å². The van der Waals surface area contributed by atoms with Gasteiger partial charge in [0.1, 0.15) is 0 Å². The van der Waals surface area contributed by atoms with Crippen LogP contribution in [0.2, 0.25) is 0 Å². The van der Waals surface area contributed by atoms with Gasteiger partial charge in [0.05, 0.1) is 12.5 Å². The fourth-order valence-corrected chi connectivity index (χ4v) is 8.55. The summed E-state index contributed by atoms with van der Waals surface area (Å²) in [6.45, 7) is 5.13. The van der Waals surface area contributed by atoms with Crippen LogP contribution >= 0.6 is 0 Å². The van der Waals surface area contributed by atoms with Crippen LogP contribution in [0.25, 0.3) is 0 Å². The van der Waals surface area contributed by atoms with Crippen LogP contribution in [0, 0.1) is 52.8 Å². The largest absolute Gasteiger partial charge is 0.396 e. The zero-order chi connectivity index (χ0) is 20.8. The molecule has 2 nitrogen and oxygen atoms in total. The molecule has 3 unspecified atom stereocenters. The summed E-state index contributed by atoms with van der Waals surface area (Å²) in [5.74, 6) is 2.09. The quantitative estimate of drug-likeness (QED) is 0.589. The molecule has 4 saturated carbocycles. The average molecular weight is 417 g/mol. The van der Waals surface area contributed by atoms with E-state index in [1.54, 1.807) is 0 Å². The summed E-state index contributed by atoms with van der Waals surface area (Å²) in [5, 5.41) is 9.57. The van der Waals surface area contributed by atoms with E-state index in [0.29, 0.717) is 24.2 Å². The second kappa shape index (κ2) is 8.33. The van der Waals surface area contributed by atoms with Crippen molar-refractivity contribution < 1.29 is 23.0 Å². The Morgan fingerprint density at radius 1 is 1.00 bits per heavy atom. The predicted octanol–water partition coefficient (Wildman–Crippen LogP) is 6.08. The molecule has 0 spiro atoms. The van der Waals surface area contributed by atoms with E-state index in [0.717, 1.165) is 50.2 Å². The molecule has 0 amide bonds. The Morgan fingerprint density at radius 3 is 2.45 bits per heavy atom. The van der Waals surface area contributed by atoms with E-state index in [2.05, 4.69) is 13.8 Å². The van der Waals surface area contributed by atoms with Gasteiger partial charge in [0.25, 0.3) is 0 Å². The minimum atomic E-state index is -4.29. The van der Waals surface area contributed by atoms with Gasteiger partial charge in [-0.15, -0.1) is 0 Å². The molecule has 4 aliphatic rings. The van der Waals surface area contributed by atoms with Crippen molar-refractivity contribution in [2.75, 3.05) is 19.8 Å². The van der Waals surface area contributed by atoms with Crippen molar-refractivity contribution in [3.63, 3.8) is 0 Å². The third kappa shape index (κ3) is 3.88. The summed E-state index contributed by atoms with van der Waals surface area (Å²) in [6, 6.07) is 0. The molecule has 1 N–H and O–H groups in total. The van der Waals surface area contributed by atoms with Gasteiger partial charge in [-0.1, -0.05) is 6.92 Å². The summed E-state index contributed by atoms with van der Waals surface area (Å²) in [7, 11) is 0. The molecule has 4 aliphatic carbocycles. The van der Waals surface area contributed by atoms with Gasteiger partial charge in [-0.3, -0.25) is 0 Å². The third-order valence-electron chi connectivity index (χ3n) is 9.80. The van der Waals surface area contributed by atoms with Gasteiger partial charge in [0, 0.05) is 13.2 Å². The number of ether oxygens (including phenoxy) is 1. The molecule has 0 bridgehead atoms. The maximum atomic E-state index is 13.6. The smallest absolute Gasteiger partial charge is 0.394 e. The van der Waals surface area contributed by atoms with E-state index in [4.69, 9.17) is 4.74 Å². The Labute approximate surface area is 174 Å². The number of alkyl halides is 3. The summed E-state index contributed by atoms with van der Waals surface area (Å²) in [5.41, 5.74) is -0.247. The Hall–Kier alpha value is -0.290. The van der Waals surface area contributed by atoms with Crippen LogP contribution in [0.4, 0.5) is 13.2 Å². The third-order valence-corrected chi connectivity index (χ3v) is 9.80. The Morgan fingerprint density at radius 2 is 1.76 bits per heavy atom. The highest BCUT2D eigenvalue weighted by molar-refractivity contribution is 5.07. The van der Waals surface area contributed by atoms with Crippen molar-refractivity contribution in [1.82, 2.24) is 0 Å². The zero-order valence-corrected chi connectivity index (χ0v) is 18.1. The van der Waals surface area contributed by atoms with E-state index in [1.165, 1.54) is 32.1 Å². The molecular weight excluding hydrogens is 377 g/mol. The first-order chi connectivity index (χ1) is 13.8. The lowest BCUT2D eigenvalue weighted by molar-refractivity contribution is -0.213. The van der Waals surface area contributed by atoms with Gasteiger partial charge in [0.15, 0.2) is 0 Å². The summed E-state index contributed by atoms with van der Waals surface area (Å²) >= 11 is 0. The average Bonchev–Trinajstić information content (AvgIpc) is 3.02. The molecule has 0 heterocycles. The van der Waals surface area contributed by atoms with E-state index in [1.807, 2.05) is 0 Å². The molecule has 0 aromatic carbocycles. The van der Waals surface area contributed by atoms with Crippen LogP contribution < -0.4 is 0 Å². The highest BCUT2D eigenvalue weighted by Gasteiger charge is 2.61. The van der Waals surface area contributed by atoms with Crippen LogP contribution in [0.3, 0.4) is 0 Å². The van der Waals surface area contributed by atoms with Gasteiger partial charge in [-0.25, -0.2) is 0 Å². The number of hydrogen-bond donors (Lipinski definition) is 1. The Balaban J connectivity index is 1.46. The predicted molar refractivity (Wildman–Crippen MR) is 107 cm³/mol. The van der Waals surface area contributed by atoms with Crippen LogP contribution in [0.5, 0.6) is 0 Å². The standard InChI is InChI=1S/C24H39F3O2/c1-3-29-14-15-4-6-17-16(12-15)5-7-19-18(17)10-11-23(2)20(19)8-9-21(23)22(13-28)24(25,26)27/h15-22,28H,3-14H2,1-2H3/t15-,16+,17-,18?,19+,20-,21?,22?,23-/m0/s1. The lowest BCUT2D eigenvalue weighted by Gasteiger charge is -2.57. The topological polar surface area (TPSA) is 29.5 Å². The SMILES string of the molecule is CCOC[C@H]1CC[C@@H]2C3CC[C@]4(C)C(C(CO)C(F)(F)F)CC[C@H]4[C@@H]3CC[C@@H]2C1. The van der Waals surface area contributed by atoms with Gasteiger partial charge in [-0.2, -0.15) is 13.2 Å². The highest BCUT2D eigenvalue weighted by atomic mass is 19.4. The number of hydrogen-bond acceptors (Lipinski definition) is 2. The summed E-state index contributed by atoms with van der Waals surface area (Å²) in [4.78, 5) is 0. The van der Waals surface area contributed by atoms with E-state index in [9.17, 15) is 18.3 Å². The molecule has 0 aliphatic heterocycles. The fraction of sp³-hybridized carbons (Fsp3) is 1.00. The van der Waals surface area contributed by atoms with Crippen molar-refractivity contribution in [2.24, 2.45) is 52.8 Å². The number of aliphatic hydroxyl groups excluding tert-OH is 1. The lowest BCUT2D eigenvalue weighted by atomic mass is 9.48. The van der Waals surface area contributed by atoms with E-state index in [-0.39, 0.29) is 5.41 Å². The van der Waals surface area contributed by atoms with Crippen LogP contribution in [0.1, 0.15) is 71.6 Å². The van der Waals surface area contributed by atoms with Gasteiger partial charge >= 0.3 is 6.18 Å². The van der Waals surface area contributed by atoms with Crippen molar-refractivity contribution in [2.45, 2.75) is 77.8 Å². The van der Waals surface area contributed by atoms with Crippen molar-refractivity contribution in [1.29, 1.82) is 0 Å². The number of halogens is 3. The number of aliphatic hydroxyl groups is 1. The molecule has 168 valence electrons. The number of rotatable bonds is 5. The summed E-state index contributed by atoms with van der Waals surface area (Å²) in [6.07, 6.45) is 5.60. The zero-order valence-electron chi connectivity index (χ0n) is 18.1. The maximum Gasteiger partial charge on any atom is 0.394 e. The monoisotopic (exact) mass is 416 g/mol. The van der Waals surface area contributed by atoms with Crippen LogP contribution in [-0.2, 0) is 4.74 Å². The summed E-state index contributed by atoms with van der Waals surface area (Å²) < 4.78 is 46.5. The first-order valence-electron chi connectivity index (χ1n) is 12.0. The second-order valence-electron chi connectivity index (χ2n) is 10.8. The maximum absolute atomic E-state index is 13.6. The van der Waals surface area contributed by atoms with E-state index < -0.39 is 24.6 Å². The van der Waals surface area contributed by atoms with Crippen LogP contribution in [0.15, 0.2) is 0 Å². The molecule has 9 atom stereocenters. The minimum absolute atomic E-state index is 0.247. The van der Waals surface area contributed by atoms with Crippen LogP contribution in [-0.4, -0.2) is 31.1 Å². The Bertz CT molecular complexity index is 565. The Kier molecular flexibility index (Phi) is 6.30. The van der Waals surface area contributed by atoms with Crippen molar-refractivity contribution in [3.05, 3.63) is 0 Å². The van der Waals surface area contributed by atoms with Gasteiger partial charge in [-0.05, 0) is 112 Å².